The molecule has 0 saturated carbocycles. The van der Waals surface area contributed by atoms with Gasteiger partial charge in [-0.05, 0) is 50.2 Å². The van der Waals surface area contributed by atoms with Gasteiger partial charge in [0.05, 0.1) is 5.56 Å². The Balaban J connectivity index is 1.92. The van der Waals surface area contributed by atoms with E-state index in [-0.39, 0.29) is 11.7 Å². The Hall–Kier alpha value is -3.09. The van der Waals surface area contributed by atoms with Crippen molar-refractivity contribution in [3.05, 3.63) is 42.0 Å². The van der Waals surface area contributed by atoms with Crippen LogP contribution in [-0.2, 0) is 0 Å². The van der Waals surface area contributed by atoms with Gasteiger partial charge in [0.2, 0.25) is 0 Å². The summed E-state index contributed by atoms with van der Waals surface area (Å²) in [6, 6.07) is 10.1. The third-order valence-corrected chi connectivity index (χ3v) is 3.90. The molecule has 1 aromatic heterocycles. The number of aromatic hydroxyl groups is 1. The molecule has 124 valence electrons. The van der Waals surface area contributed by atoms with E-state index in [1.165, 1.54) is 6.07 Å². The first-order valence-corrected chi connectivity index (χ1v) is 7.82. The number of phenolic OH excluding ortho intramolecular Hbond substituents is 1. The number of hydrogen-bond donors (Lipinski definition) is 3. The number of benzene rings is 2. The maximum atomic E-state index is 12.7. The van der Waals surface area contributed by atoms with Crippen LogP contribution < -0.4 is 10.2 Å². The summed E-state index contributed by atoms with van der Waals surface area (Å²) in [5.41, 5.74) is 3.24. The molecular formula is C17H19N5O2. The second kappa shape index (κ2) is 6.57. The van der Waals surface area contributed by atoms with Crippen LogP contribution in [0.2, 0.25) is 0 Å². The average Bonchev–Trinajstić information content (AvgIpc) is 3.04. The molecule has 0 aliphatic heterocycles. The van der Waals surface area contributed by atoms with Crippen molar-refractivity contribution in [2.24, 2.45) is 0 Å². The molecule has 0 aliphatic carbocycles. The summed E-state index contributed by atoms with van der Waals surface area (Å²) >= 11 is 0. The van der Waals surface area contributed by atoms with Gasteiger partial charge in [0.25, 0.3) is 5.91 Å². The minimum atomic E-state index is -0.282. The molecular weight excluding hydrogens is 306 g/mol. The molecule has 0 bridgehead atoms. The van der Waals surface area contributed by atoms with Crippen LogP contribution in [0.25, 0.3) is 11.0 Å². The number of carbonyl (C=O) groups is 1. The van der Waals surface area contributed by atoms with Gasteiger partial charge in [-0.25, -0.2) is 0 Å². The number of nitrogens with one attached hydrogen (secondary N) is 2. The molecule has 0 fully saturated rings. The lowest BCUT2D eigenvalue weighted by atomic mass is 10.1. The summed E-state index contributed by atoms with van der Waals surface area (Å²) in [6.07, 6.45) is 0. The summed E-state index contributed by atoms with van der Waals surface area (Å²) < 4.78 is 0. The van der Waals surface area contributed by atoms with Crippen LogP contribution >= 0.6 is 0 Å². The van der Waals surface area contributed by atoms with Gasteiger partial charge in [0, 0.05) is 24.5 Å². The van der Waals surface area contributed by atoms with E-state index in [1.54, 1.807) is 30.3 Å². The minimum Gasteiger partial charge on any atom is -0.508 e. The van der Waals surface area contributed by atoms with Crippen LogP contribution in [0.15, 0.2) is 36.4 Å². The molecule has 0 unspecified atom stereocenters. The van der Waals surface area contributed by atoms with Crippen molar-refractivity contribution >= 4 is 28.3 Å². The van der Waals surface area contributed by atoms with Gasteiger partial charge in [0.1, 0.15) is 16.8 Å². The second-order valence-electron chi connectivity index (χ2n) is 5.35. The predicted octanol–water partition coefficient (Wildman–Crippen LogP) is 2.76. The van der Waals surface area contributed by atoms with Crippen molar-refractivity contribution in [1.82, 2.24) is 15.4 Å². The van der Waals surface area contributed by atoms with E-state index >= 15 is 0 Å². The fourth-order valence-corrected chi connectivity index (χ4v) is 2.66. The van der Waals surface area contributed by atoms with Crippen molar-refractivity contribution in [3.8, 4) is 5.75 Å². The highest BCUT2D eigenvalue weighted by atomic mass is 16.3. The van der Waals surface area contributed by atoms with Gasteiger partial charge in [-0.3, -0.25) is 4.79 Å². The number of amides is 1. The van der Waals surface area contributed by atoms with Gasteiger partial charge < -0.3 is 15.3 Å². The molecule has 0 aliphatic rings. The number of aromatic nitrogens is 3. The summed E-state index contributed by atoms with van der Waals surface area (Å²) in [4.78, 5) is 14.8. The lowest BCUT2D eigenvalue weighted by Crippen LogP contribution is -2.25. The van der Waals surface area contributed by atoms with Crippen LogP contribution in [0.3, 0.4) is 0 Å². The first kappa shape index (κ1) is 15.8. The van der Waals surface area contributed by atoms with Crippen LogP contribution in [0.5, 0.6) is 5.75 Å². The predicted molar refractivity (Wildman–Crippen MR) is 93.5 cm³/mol. The quantitative estimate of drug-likeness (QED) is 0.670. The summed E-state index contributed by atoms with van der Waals surface area (Å²) in [6.45, 7) is 5.59. The zero-order valence-corrected chi connectivity index (χ0v) is 13.6. The molecule has 2 aromatic carbocycles. The fourth-order valence-electron chi connectivity index (χ4n) is 2.66. The van der Waals surface area contributed by atoms with E-state index in [0.29, 0.717) is 16.8 Å². The number of hydrogen-bond acceptors (Lipinski definition) is 5. The summed E-state index contributed by atoms with van der Waals surface area (Å²) in [5.74, 6) is -0.223. The van der Waals surface area contributed by atoms with Gasteiger partial charge in [-0.15, -0.1) is 0 Å². The van der Waals surface area contributed by atoms with Gasteiger partial charge in [-0.1, -0.05) is 0 Å². The van der Waals surface area contributed by atoms with Crippen molar-refractivity contribution in [1.29, 1.82) is 0 Å². The lowest BCUT2D eigenvalue weighted by Gasteiger charge is -2.23. The van der Waals surface area contributed by atoms with Crippen LogP contribution in [0.4, 0.5) is 11.4 Å². The number of aromatic amines is 1. The molecule has 3 aromatic rings. The first-order chi connectivity index (χ1) is 11.6. The van der Waals surface area contributed by atoms with Crippen molar-refractivity contribution in [2.45, 2.75) is 13.8 Å². The molecule has 3 N–H and O–H groups in total. The average molecular weight is 325 g/mol. The highest BCUT2D eigenvalue weighted by Gasteiger charge is 2.16. The number of anilines is 2. The molecule has 0 saturated heterocycles. The van der Waals surface area contributed by atoms with Crippen LogP contribution in [-0.4, -0.2) is 39.5 Å². The van der Waals surface area contributed by atoms with E-state index in [1.807, 2.05) is 13.8 Å². The molecule has 0 radical (unpaired) electrons. The van der Waals surface area contributed by atoms with Crippen molar-refractivity contribution < 1.29 is 9.90 Å². The first-order valence-electron chi connectivity index (χ1n) is 7.82. The number of rotatable bonds is 5. The number of fused-ring (bicyclic) bond motifs is 1. The van der Waals surface area contributed by atoms with Gasteiger partial charge >= 0.3 is 0 Å². The zero-order valence-electron chi connectivity index (χ0n) is 13.6. The number of H-pyrrole nitrogens is 1. The maximum Gasteiger partial charge on any atom is 0.257 e. The van der Waals surface area contributed by atoms with E-state index in [0.717, 1.165) is 24.3 Å². The number of nitrogens with zero attached hydrogens (tertiary/aromatic N) is 3. The number of carbonyl (C=O) groups excluding carboxylic acids is 1. The topological polar surface area (TPSA) is 94.1 Å². The molecule has 0 spiro atoms. The SMILES string of the molecule is CCN(CC)c1ccc(O)cc1C(=O)Nc1ccc2n[nH]nc2c1. The van der Waals surface area contributed by atoms with E-state index in [4.69, 9.17) is 0 Å². The Morgan fingerprint density at radius 3 is 2.62 bits per heavy atom. The molecule has 1 amide bonds. The smallest absolute Gasteiger partial charge is 0.257 e. The van der Waals surface area contributed by atoms with E-state index in [2.05, 4.69) is 25.6 Å². The normalized spacial score (nSPS) is 10.8. The minimum absolute atomic E-state index is 0.0583. The van der Waals surface area contributed by atoms with Gasteiger partial charge in [-0.2, -0.15) is 15.4 Å². The third-order valence-electron chi connectivity index (χ3n) is 3.90. The van der Waals surface area contributed by atoms with E-state index in [9.17, 15) is 9.90 Å². The highest BCUT2D eigenvalue weighted by Crippen LogP contribution is 2.26. The second-order valence-corrected chi connectivity index (χ2v) is 5.35. The van der Waals surface area contributed by atoms with Crippen LogP contribution in [0.1, 0.15) is 24.2 Å². The van der Waals surface area contributed by atoms with Crippen molar-refractivity contribution in [3.63, 3.8) is 0 Å². The lowest BCUT2D eigenvalue weighted by molar-refractivity contribution is 0.102. The Morgan fingerprint density at radius 2 is 1.88 bits per heavy atom. The molecule has 7 heteroatoms. The molecule has 1 heterocycles. The van der Waals surface area contributed by atoms with Crippen molar-refractivity contribution in [2.75, 3.05) is 23.3 Å². The third kappa shape index (κ3) is 3.01. The monoisotopic (exact) mass is 325 g/mol. The summed E-state index contributed by atoms with van der Waals surface area (Å²) in [7, 11) is 0. The summed E-state index contributed by atoms with van der Waals surface area (Å²) in [5, 5.41) is 23.2. The Kier molecular flexibility index (Phi) is 4.33. The molecule has 3 rings (SSSR count). The Labute approximate surface area is 139 Å². The van der Waals surface area contributed by atoms with E-state index < -0.39 is 0 Å². The standard InChI is InChI=1S/C17H19N5O2/c1-3-22(4-2)16-8-6-12(23)10-13(16)17(24)18-11-5-7-14-15(9-11)20-21-19-14/h5-10,23H,3-4H2,1-2H3,(H,18,24)(H,19,20,21). The zero-order chi connectivity index (χ0) is 17.1. The fraction of sp³-hybridized carbons (Fsp3) is 0.235. The van der Waals surface area contributed by atoms with Crippen LogP contribution in [0, 0.1) is 0 Å². The Bertz CT molecular complexity index is 870. The molecule has 0 atom stereocenters. The Morgan fingerprint density at radius 1 is 1.12 bits per heavy atom. The largest absolute Gasteiger partial charge is 0.508 e. The highest BCUT2D eigenvalue weighted by molar-refractivity contribution is 6.09. The maximum absolute atomic E-state index is 12.7. The van der Waals surface area contributed by atoms with Gasteiger partial charge in [0.15, 0.2) is 0 Å². The molecule has 7 nitrogen and oxygen atoms in total. The molecule has 24 heavy (non-hydrogen) atoms. The number of phenols is 1.